The third kappa shape index (κ3) is 2.80. The number of rotatable bonds is 2. The van der Waals surface area contributed by atoms with Gasteiger partial charge in [0.2, 0.25) is 0 Å². The fourth-order valence-electron chi connectivity index (χ4n) is 2.40. The van der Waals surface area contributed by atoms with Crippen molar-refractivity contribution in [2.24, 2.45) is 4.99 Å². The molecule has 0 spiro atoms. The monoisotopic (exact) mass is 290 g/mol. The molecule has 1 aromatic rings. The number of thioether (sulfide) groups is 1. The first-order chi connectivity index (χ1) is 9.76. The molecule has 0 saturated carbocycles. The maximum atomic E-state index is 12.0. The maximum Gasteiger partial charge on any atom is 0.286 e. The van der Waals surface area contributed by atoms with Crippen molar-refractivity contribution in [1.29, 1.82) is 0 Å². The molecule has 5 nitrogen and oxygen atoms in total. The van der Waals surface area contributed by atoms with E-state index < -0.39 is 0 Å². The zero-order chi connectivity index (χ0) is 13.9. The van der Waals surface area contributed by atoms with Crippen LogP contribution in [-0.4, -0.2) is 38.8 Å². The van der Waals surface area contributed by atoms with Gasteiger partial charge < -0.3 is 4.90 Å². The lowest BCUT2D eigenvalue weighted by molar-refractivity contribution is -0.113. The molecule has 3 heterocycles. The van der Waals surface area contributed by atoms with E-state index in [4.69, 9.17) is 0 Å². The standard InChI is InChI=1S/C14H18N4OS/c1-2-18-10-11(9-15-18)8-12-13(19)16-14(20-12)17-6-4-3-5-7-17/h8-10H,2-7H2,1H3/b12-8-. The first kappa shape index (κ1) is 13.4. The summed E-state index contributed by atoms with van der Waals surface area (Å²) in [5.74, 6) is -0.125. The fraction of sp³-hybridized carbons (Fsp3) is 0.500. The number of likely N-dealkylation sites (tertiary alicyclic amines) is 1. The summed E-state index contributed by atoms with van der Waals surface area (Å²) in [5.41, 5.74) is 0.956. The topological polar surface area (TPSA) is 50.5 Å². The van der Waals surface area contributed by atoms with E-state index >= 15 is 0 Å². The number of hydrogen-bond donors (Lipinski definition) is 0. The molecule has 0 N–H and O–H groups in total. The lowest BCUT2D eigenvalue weighted by Crippen LogP contribution is -2.33. The van der Waals surface area contributed by atoms with Crippen LogP contribution in [0.15, 0.2) is 22.3 Å². The van der Waals surface area contributed by atoms with Gasteiger partial charge in [-0.3, -0.25) is 9.48 Å². The molecule has 2 aliphatic rings. The molecule has 0 unspecified atom stereocenters. The highest BCUT2D eigenvalue weighted by Gasteiger charge is 2.26. The Balaban J connectivity index is 1.72. The van der Waals surface area contributed by atoms with Crippen LogP contribution in [-0.2, 0) is 11.3 Å². The Labute approximate surface area is 122 Å². The molecule has 0 aromatic carbocycles. The molecule has 1 fully saturated rings. The van der Waals surface area contributed by atoms with Crippen LogP contribution >= 0.6 is 11.8 Å². The summed E-state index contributed by atoms with van der Waals surface area (Å²) in [4.78, 5) is 19.1. The number of aromatic nitrogens is 2. The van der Waals surface area contributed by atoms with E-state index in [1.54, 1.807) is 6.20 Å². The fourth-order valence-corrected chi connectivity index (χ4v) is 3.36. The molecule has 2 aliphatic heterocycles. The number of amidine groups is 1. The van der Waals surface area contributed by atoms with E-state index in [0.29, 0.717) is 4.91 Å². The highest BCUT2D eigenvalue weighted by atomic mass is 32.2. The number of aliphatic imine (C=N–C) groups is 1. The van der Waals surface area contributed by atoms with Gasteiger partial charge in [0.1, 0.15) is 0 Å². The Morgan fingerprint density at radius 3 is 2.85 bits per heavy atom. The SMILES string of the molecule is CCn1cc(/C=C2\SC(N3CCCCC3)=NC2=O)cn1. The first-order valence-corrected chi connectivity index (χ1v) is 7.88. The zero-order valence-electron chi connectivity index (χ0n) is 11.6. The summed E-state index contributed by atoms with van der Waals surface area (Å²) < 4.78 is 1.85. The second-order valence-electron chi connectivity index (χ2n) is 4.99. The second-order valence-corrected chi connectivity index (χ2v) is 6.00. The molecule has 0 radical (unpaired) electrons. The van der Waals surface area contributed by atoms with Crippen molar-refractivity contribution in [3.05, 3.63) is 22.9 Å². The lowest BCUT2D eigenvalue weighted by atomic mass is 10.1. The summed E-state index contributed by atoms with van der Waals surface area (Å²) in [6.45, 7) is 4.90. The molecule has 0 aliphatic carbocycles. The van der Waals surface area contributed by atoms with E-state index in [9.17, 15) is 4.79 Å². The second kappa shape index (κ2) is 5.83. The van der Waals surface area contributed by atoms with Gasteiger partial charge in [-0.05, 0) is 44.0 Å². The summed E-state index contributed by atoms with van der Waals surface area (Å²) >= 11 is 1.49. The Morgan fingerprint density at radius 1 is 1.35 bits per heavy atom. The molecule has 1 aromatic heterocycles. The van der Waals surface area contributed by atoms with E-state index in [1.165, 1.54) is 31.0 Å². The van der Waals surface area contributed by atoms with E-state index in [0.717, 1.165) is 30.4 Å². The summed E-state index contributed by atoms with van der Waals surface area (Å²) in [5, 5.41) is 5.08. The Kier molecular flexibility index (Phi) is 3.91. The van der Waals surface area contributed by atoms with Gasteiger partial charge in [0.05, 0.1) is 11.1 Å². The largest absolute Gasteiger partial charge is 0.351 e. The van der Waals surface area contributed by atoms with Crippen LogP contribution in [0.1, 0.15) is 31.7 Å². The highest BCUT2D eigenvalue weighted by Crippen LogP contribution is 2.31. The minimum atomic E-state index is -0.125. The molecule has 0 atom stereocenters. The summed E-state index contributed by atoms with van der Waals surface area (Å²) in [6, 6.07) is 0. The molecule has 1 saturated heterocycles. The normalized spacial score (nSPS) is 21.6. The molecule has 1 amide bonds. The van der Waals surface area contributed by atoms with Gasteiger partial charge in [0.25, 0.3) is 5.91 Å². The van der Waals surface area contributed by atoms with Crippen molar-refractivity contribution >= 4 is 28.9 Å². The molecular formula is C14H18N4OS. The third-order valence-electron chi connectivity index (χ3n) is 3.51. The summed E-state index contributed by atoms with van der Waals surface area (Å²) in [6.07, 6.45) is 9.27. The number of carbonyl (C=O) groups is 1. The van der Waals surface area contributed by atoms with Crippen LogP contribution < -0.4 is 0 Å². The Hall–Kier alpha value is -1.56. The van der Waals surface area contributed by atoms with Crippen molar-refractivity contribution in [2.75, 3.05) is 13.1 Å². The first-order valence-electron chi connectivity index (χ1n) is 7.06. The predicted molar refractivity (Wildman–Crippen MR) is 81.3 cm³/mol. The van der Waals surface area contributed by atoms with Crippen molar-refractivity contribution in [3.8, 4) is 0 Å². The minimum absolute atomic E-state index is 0.125. The van der Waals surface area contributed by atoms with Gasteiger partial charge in [-0.1, -0.05) is 0 Å². The predicted octanol–water partition coefficient (Wildman–Crippen LogP) is 2.36. The van der Waals surface area contributed by atoms with E-state index in [2.05, 4.69) is 15.0 Å². The Bertz CT molecular complexity index is 569. The van der Waals surface area contributed by atoms with Crippen molar-refractivity contribution in [2.45, 2.75) is 32.7 Å². The number of hydrogen-bond acceptors (Lipinski definition) is 4. The van der Waals surface area contributed by atoms with Crippen LogP contribution in [0.25, 0.3) is 6.08 Å². The number of nitrogens with zero attached hydrogens (tertiary/aromatic N) is 4. The van der Waals surface area contributed by atoms with E-state index in [-0.39, 0.29) is 5.91 Å². The minimum Gasteiger partial charge on any atom is -0.351 e. The van der Waals surface area contributed by atoms with Gasteiger partial charge in [-0.2, -0.15) is 10.1 Å². The maximum absolute atomic E-state index is 12.0. The van der Waals surface area contributed by atoms with Crippen molar-refractivity contribution in [1.82, 2.24) is 14.7 Å². The molecule has 6 heteroatoms. The number of aryl methyl sites for hydroxylation is 1. The highest BCUT2D eigenvalue weighted by molar-refractivity contribution is 8.18. The molecule has 106 valence electrons. The number of carbonyl (C=O) groups excluding carboxylic acids is 1. The quantitative estimate of drug-likeness (QED) is 0.785. The average molecular weight is 290 g/mol. The number of piperidine rings is 1. The smallest absolute Gasteiger partial charge is 0.286 e. The van der Waals surface area contributed by atoms with Gasteiger partial charge >= 0.3 is 0 Å². The lowest BCUT2D eigenvalue weighted by Gasteiger charge is -2.27. The summed E-state index contributed by atoms with van der Waals surface area (Å²) in [7, 11) is 0. The Morgan fingerprint density at radius 2 is 2.15 bits per heavy atom. The zero-order valence-corrected chi connectivity index (χ0v) is 12.4. The van der Waals surface area contributed by atoms with Crippen LogP contribution in [0.5, 0.6) is 0 Å². The average Bonchev–Trinajstić information content (AvgIpc) is 3.08. The van der Waals surface area contributed by atoms with Crippen LogP contribution in [0.3, 0.4) is 0 Å². The molecule has 20 heavy (non-hydrogen) atoms. The van der Waals surface area contributed by atoms with E-state index in [1.807, 2.05) is 23.9 Å². The number of amides is 1. The van der Waals surface area contributed by atoms with Gasteiger partial charge in [0, 0.05) is 31.4 Å². The van der Waals surface area contributed by atoms with Crippen molar-refractivity contribution in [3.63, 3.8) is 0 Å². The van der Waals surface area contributed by atoms with Crippen molar-refractivity contribution < 1.29 is 4.79 Å². The molecular weight excluding hydrogens is 272 g/mol. The molecule has 0 bridgehead atoms. The van der Waals surface area contributed by atoms with Crippen LogP contribution in [0.4, 0.5) is 0 Å². The van der Waals surface area contributed by atoms with Crippen LogP contribution in [0, 0.1) is 0 Å². The van der Waals surface area contributed by atoms with Crippen LogP contribution in [0.2, 0.25) is 0 Å². The molecule has 3 rings (SSSR count). The van der Waals surface area contributed by atoms with Gasteiger partial charge in [0.15, 0.2) is 5.17 Å². The van der Waals surface area contributed by atoms with Gasteiger partial charge in [-0.25, -0.2) is 0 Å². The third-order valence-corrected chi connectivity index (χ3v) is 4.56. The van der Waals surface area contributed by atoms with Gasteiger partial charge in [-0.15, -0.1) is 0 Å².